The number of rotatable bonds is 2. The maximum absolute atomic E-state index is 11.3. The highest BCUT2D eigenvalue weighted by Crippen LogP contribution is 2.16. The highest BCUT2D eigenvalue weighted by atomic mass is 32.1. The molecule has 0 unspecified atom stereocenters. The van der Waals surface area contributed by atoms with Crippen molar-refractivity contribution in [2.75, 3.05) is 0 Å². The fourth-order valence-corrected chi connectivity index (χ4v) is 1.87. The number of hydrogen-bond acceptors (Lipinski definition) is 3. The molecule has 1 aromatic rings. The lowest BCUT2D eigenvalue weighted by Crippen LogP contribution is -2.34. The minimum atomic E-state index is -0.819. The Morgan fingerprint density at radius 1 is 1.62 bits per heavy atom. The largest absolute Gasteiger partial charge is 0.351 e. The number of nitrogens with two attached hydrogens (primary N) is 1. The van der Waals surface area contributed by atoms with Gasteiger partial charge in [0.05, 0.1) is 4.88 Å². The van der Waals surface area contributed by atoms with Crippen LogP contribution in [0.15, 0.2) is 11.4 Å². The van der Waals surface area contributed by atoms with Crippen molar-refractivity contribution in [2.24, 2.45) is 5.73 Å². The van der Waals surface area contributed by atoms with Crippen LogP contribution in [0.4, 0.5) is 4.79 Å². The summed E-state index contributed by atoms with van der Waals surface area (Å²) in [6, 6.07) is 1.04. The Balaban J connectivity index is 2.82. The molecular weight excluding hydrogens is 188 g/mol. The van der Waals surface area contributed by atoms with Crippen molar-refractivity contribution < 1.29 is 9.59 Å². The molecule has 0 aliphatic rings. The van der Waals surface area contributed by atoms with Crippen molar-refractivity contribution in [1.82, 2.24) is 5.32 Å². The third-order valence-electron chi connectivity index (χ3n) is 1.57. The van der Waals surface area contributed by atoms with Gasteiger partial charge in [-0.05, 0) is 23.4 Å². The van der Waals surface area contributed by atoms with E-state index in [0.29, 0.717) is 4.88 Å². The van der Waals surface area contributed by atoms with Crippen molar-refractivity contribution in [3.8, 4) is 0 Å². The van der Waals surface area contributed by atoms with Crippen LogP contribution in [-0.4, -0.2) is 11.9 Å². The van der Waals surface area contributed by atoms with Crippen LogP contribution in [0.3, 0.4) is 0 Å². The molecule has 13 heavy (non-hydrogen) atoms. The Morgan fingerprint density at radius 2 is 2.31 bits per heavy atom. The topological polar surface area (TPSA) is 72.2 Å². The van der Waals surface area contributed by atoms with Crippen molar-refractivity contribution in [3.63, 3.8) is 0 Å². The Hall–Kier alpha value is -1.36. The number of carbonyl (C=O) groups excluding carboxylic acids is 2. The quantitative estimate of drug-likeness (QED) is 0.747. The second-order valence-electron chi connectivity index (χ2n) is 2.45. The first-order chi connectivity index (χ1) is 6.15. The predicted molar refractivity (Wildman–Crippen MR) is 50.7 cm³/mol. The summed E-state index contributed by atoms with van der Waals surface area (Å²) < 4.78 is 0. The Bertz CT molecular complexity index is 333. The SMILES string of the molecule is CCc1ccsc1C(=O)NC(N)=O. The van der Waals surface area contributed by atoms with E-state index in [-0.39, 0.29) is 0 Å². The number of imide groups is 1. The molecule has 0 fully saturated rings. The molecular formula is C8H10N2O2S. The molecule has 0 aliphatic heterocycles. The molecule has 3 amide bonds. The number of amides is 3. The van der Waals surface area contributed by atoms with E-state index < -0.39 is 11.9 Å². The van der Waals surface area contributed by atoms with E-state index in [0.717, 1.165) is 12.0 Å². The molecule has 0 saturated carbocycles. The normalized spacial score (nSPS) is 9.62. The van der Waals surface area contributed by atoms with Crippen LogP contribution in [0.2, 0.25) is 0 Å². The molecule has 70 valence electrons. The molecule has 0 bridgehead atoms. The number of aryl methyl sites for hydroxylation is 1. The van der Waals surface area contributed by atoms with Gasteiger partial charge < -0.3 is 5.73 Å². The molecule has 0 saturated heterocycles. The van der Waals surface area contributed by atoms with Crippen LogP contribution in [0.25, 0.3) is 0 Å². The van der Waals surface area contributed by atoms with Gasteiger partial charge in [-0.3, -0.25) is 10.1 Å². The first-order valence-electron chi connectivity index (χ1n) is 3.82. The van der Waals surface area contributed by atoms with E-state index in [1.165, 1.54) is 11.3 Å². The first kappa shape index (κ1) is 9.73. The van der Waals surface area contributed by atoms with Gasteiger partial charge in [0.1, 0.15) is 0 Å². The average Bonchev–Trinajstić information content (AvgIpc) is 2.49. The van der Waals surface area contributed by atoms with Crippen molar-refractivity contribution in [3.05, 3.63) is 21.9 Å². The molecule has 0 spiro atoms. The molecule has 3 N–H and O–H groups in total. The van der Waals surface area contributed by atoms with E-state index in [1.807, 2.05) is 23.7 Å². The van der Waals surface area contributed by atoms with Crippen LogP contribution in [-0.2, 0) is 6.42 Å². The molecule has 1 aromatic heterocycles. The monoisotopic (exact) mass is 198 g/mol. The van der Waals surface area contributed by atoms with Gasteiger partial charge in [-0.1, -0.05) is 6.92 Å². The molecule has 0 atom stereocenters. The summed E-state index contributed by atoms with van der Waals surface area (Å²) in [5.41, 5.74) is 5.76. The standard InChI is InChI=1S/C8H10N2O2S/c1-2-5-3-4-13-6(5)7(11)10-8(9)12/h3-4H,2H2,1H3,(H3,9,10,11,12). The van der Waals surface area contributed by atoms with Gasteiger partial charge in [-0.25, -0.2) is 4.79 Å². The first-order valence-corrected chi connectivity index (χ1v) is 4.70. The lowest BCUT2D eigenvalue weighted by atomic mass is 10.2. The number of urea groups is 1. The molecule has 4 nitrogen and oxygen atoms in total. The summed E-state index contributed by atoms with van der Waals surface area (Å²) in [7, 11) is 0. The van der Waals surface area contributed by atoms with Gasteiger partial charge >= 0.3 is 6.03 Å². The fraction of sp³-hybridized carbons (Fsp3) is 0.250. The maximum Gasteiger partial charge on any atom is 0.319 e. The van der Waals surface area contributed by atoms with E-state index in [1.54, 1.807) is 0 Å². The van der Waals surface area contributed by atoms with Gasteiger partial charge in [0.25, 0.3) is 5.91 Å². The summed E-state index contributed by atoms with van der Waals surface area (Å²) in [4.78, 5) is 22.3. The smallest absolute Gasteiger partial charge is 0.319 e. The second-order valence-corrected chi connectivity index (χ2v) is 3.36. The van der Waals surface area contributed by atoms with Gasteiger partial charge in [-0.2, -0.15) is 0 Å². The molecule has 0 aliphatic carbocycles. The predicted octanol–water partition coefficient (Wildman–Crippen LogP) is 1.12. The van der Waals surface area contributed by atoms with Crippen LogP contribution in [0, 0.1) is 0 Å². The van der Waals surface area contributed by atoms with Gasteiger partial charge in [0.2, 0.25) is 0 Å². The number of nitrogens with one attached hydrogen (secondary N) is 1. The number of carbonyl (C=O) groups is 2. The number of thiophene rings is 1. The summed E-state index contributed by atoms with van der Waals surface area (Å²) >= 11 is 1.30. The fourth-order valence-electron chi connectivity index (χ4n) is 0.982. The molecule has 0 radical (unpaired) electrons. The van der Waals surface area contributed by atoms with Gasteiger partial charge in [0.15, 0.2) is 0 Å². The van der Waals surface area contributed by atoms with Gasteiger partial charge in [0, 0.05) is 0 Å². The zero-order valence-corrected chi connectivity index (χ0v) is 7.98. The lowest BCUT2D eigenvalue weighted by Gasteiger charge is -1.99. The number of hydrogen-bond donors (Lipinski definition) is 2. The third kappa shape index (κ3) is 2.29. The summed E-state index contributed by atoms with van der Waals surface area (Å²) in [6.45, 7) is 1.95. The Labute approximate surface area is 79.7 Å². The van der Waals surface area contributed by atoms with Crippen LogP contribution >= 0.6 is 11.3 Å². The van der Waals surface area contributed by atoms with E-state index in [2.05, 4.69) is 0 Å². The summed E-state index contributed by atoms with van der Waals surface area (Å²) in [5.74, 6) is -0.417. The van der Waals surface area contributed by atoms with Crippen molar-refractivity contribution >= 4 is 23.3 Å². The average molecular weight is 198 g/mol. The molecule has 5 heteroatoms. The minimum absolute atomic E-state index is 0.417. The number of primary amides is 1. The summed E-state index contributed by atoms with van der Waals surface area (Å²) in [5, 5.41) is 3.84. The van der Waals surface area contributed by atoms with Crippen molar-refractivity contribution in [1.29, 1.82) is 0 Å². The van der Waals surface area contributed by atoms with E-state index >= 15 is 0 Å². The van der Waals surface area contributed by atoms with Crippen LogP contribution in [0.1, 0.15) is 22.2 Å². The highest BCUT2D eigenvalue weighted by Gasteiger charge is 2.12. The molecule has 0 aromatic carbocycles. The van der Waals surface area contributed by atoms with Crippen LogP contribution < -0.4 is 11.1 Å². The third-order valence-corrected chi connectivity index (χ3v) is 2.53. The van der Waals surface area contributed by atoms with E-state index in [9.17, 15) is 9.59 Å². The van der Waals surface area contributed by atoms with E-state index in [4.69, 9.17) is 5.73 Å². The molecule has 1 heterocycles. The molecule has 1 rings (SSSR count). The zero-order valence-electron chi connectivity index (χ0n) is 7.16. The Morgan fingerprint density at radius 3 is 2.85 bits per heavy atom. The van der Waals surface area contributed by atoms with Gasteiger partial charge in [-0.15, -0.1) is 11.3 Å². The summed E-state index contributed by atoms with van der Waals surface area (Å²) in [6.07, 6.45) is 0.769. The second kappa shape index (κ2) is 4.04. The minimum Gasteiger partial charge on any atom is -0.351 e. The zero-order chi connectivity index (χ0) is 9.84. The lowest BCUT2D eigenvalue weighted by molar-refractivity contribution is 0.0969. The van der Waals surface area contributed by atoms with Crippen LogP contribution in [0.5, 0.6) is 0 Å². The highest BCUT2D eigenvalue weighted by molar-refractivity contribution is 7.12. The Kier molecular flexibility index (Phi) is 3.02. The maximum atomic E-state index is 11.3. The van der Waals surface area contributed by atoms with Crippen molar-refractivity contribution in [2.45, 2.75) is 13.3 Å².